The number of benzene rings is 1. The number of nitrogens with one attached hydrogen (secondary N) is 1. The Morgan fingerprint density at radius 1 is 1.29 bits per heavy atom. The summed E-state index contributed by atoms with van der Waals surface area (Å²) in [6, 6.07) is 8.86. The van der Waals surface area contributed by atoms with Crippen molar-refractivity contribution in [3.63, 3.8) is 0 Å². The van der Waals surface area contributed by atoms with E-state index in [0.29, 0.717) is 11.9 Å². The van der Waals surface area contributed by atoms with Crippen molar-refractivity contribution >= 4 is 5.91 Å². The standard InChI is InChI=1S/C17H24N2O2/c1-3-15(12-4-8-14(21-2)9-5-12)18-16-10-11-19(17(16)20)13-6-7-13/h4-5,8-9,13,15-16,18H,3,6-7,10-11H2,1-2H3/t15-,16+/m0/s1. The van der Waals surface area contributed by atoms with Crippen LogP contribution in [0.4, 0.5) is 0 Å². The number of carbonyl (C=O) groups excluding carboxylic acids is 1. The zero-order valence-electron chi connectivity index (χ0n) is 12.8. The predicted molar refractivity (Wildman–Crippen MR) is 82.3 cm³/mol. The number of ether oxygens (including phenoxy) is 1. The maximum atomic E-state index is 12.4. The molecule has 1 aromatic carbocycles. The molecule has 3 rings (SSSR count). The van der Waals surface area contributed by atoms with E-state index in [4.69, 9.17) is 4.74 Å². The quantitative estimate of drug-likeness (QED) is 0.874. The minimum Gasteiger partial charge on any atom is -0.497 e. The van der Waals surface area contributed by atoms with E-state index in [1.165, 1.54) is 18.4 Å². The fourth-order valence-corrected chi connectivity index (χ4v) is 3.13. The molecule has 0 spiro atoms. The molecule has 0 aromatic heterocycles. The first kappa shape index (κ1) is 14.4. The molecule has 2 aliphatic rings. The van der Waals surface area contributed by atoms with Gasteiger partial charge in [-0.2, -0.15) is 0 Å². The number of nitrogens with zero attached hydrogens (tertiary/aromatic N) is 1. The minimum atomic E-state index is -0.0161. The van der Waals surface area contributed by atoms with Crippen molar-refractivity contribution in [3.8, 4) is 5.75 Å². The van der Waals surface area contributed by atoms with Crippen molar-refractivity contribution < 1.29 is 9.53 Å². The Bertz CT molecular complexity index is 496. The highest BCUT2D eigenvalue weighted by molar-refractivity contribution is 5.84. The van der Waals surface area contributed by atoms with Gasteiger partial charge in [0.2, 0.25) is 5.91 Å². The number of carbonyl (C=O) groups is 1. The molecule has 1 amide bonds. The third kappa shape index (κ3) is 3.05. The zero-order valence-corrected chi connectivity index (χ0v) is 12.8. The van der Waals surface area contributed by atoms with Crippen LogP contribution in [0.25, 0.3) is 0 Å². The van der Waals surface area contributed by atoms with Gasteiger partial charge in [-0.05, 0) is 43.4 Å². The summed E-state index contributed by atoms with van der Waals surface area (Å²) >= 11 is 0. The zero-order chi connectivity index (χ0) is 14.8. The Morgan fingerprint density at radius 3 is 2.57 bits per heavy atom. The Morgan fingerprint density at radius 2 is 2.00 bits per heavy atom. The number of likely N-dealkylation sites (tertiary alicyclic amines) is 1. The van der Waals surface area contributed by atoms with Gasteiger partial charge in [0.15, 0.2) is 0 Å². The summed E-state index contributed by atoms with van der Waals surface area (Å²) in [5, 5.41) is 3.55. The maximum Gasteiger partial charge on any atom is 0.240 e. The first-order valence-electron chi connectivity index (χ1n) is 7.93. The monoisotopic (exact) mass is 288 g/mol. The molecule has 4 heteroatoms. The molecule has 0 unspecified atom stereocenters. The molecule has 2 fully saturated rings. The van der Waals surface area contributed by atoms with Gasteiger partial charge in [-0.3, -0.25) is 10.1 Å². The number of rotatable bonds is 6. The van der Waals surface area contributed by atoms with Crippen LogP contribution in [0.5, 0.6) is 5.75 Å². The van der Waals surface area contributed by atoms with Crippen LogP contribution in [0.15, 0.2) is 24.3 Å². The first-order valence-corrected chi connectivity index (χ1v) is 7.93. The lowest BCUT2D eigenvalue weighted by molar-refractivity contribution is -0.130. The van der Waals surface area contributed by atoms with E-state index >= 15 is 0 Å². The highest BCUT2D eigenvalue weighted by Crippen LogP contribution is 2.31. The fraction of sp³-hybridized carbons (Fsp3) is 0.588. The summed E-state index contributed by atoms with van der Waals surface area (Å²) < 4.78 is 5.20. The molecule has 1 saturated carbocycles. The second-order valence-corrected chi connectivity index (χ2v) is 6.00. The topological polar surface area (TPSA) is 41.6 Å². The lowest BCUT2D eigenvalue weighted by Gasteiger charge is -2.22. The van der Waals surface area contributed by atoms with E-state index in [2.05, 4.69) is 29.3 Å². The van der Waals surface area contributed by atoms with Gasteiger partial charge in [0, 0.05) is 18.6 Å². The van der Waals surface area contributed by atoms with Gasteiger partial charge < -0.3 is 9.64 Å². The fourth-order valence-electron chi connectivity index (χ4n) is 3.13. The Hall–Kier alpha value is -1.55. The predicted octanol–water partition coefficient (Wildman–Crippen LogP) is 2.50. The van der Waals surface area contributed by atoms with E-state index in [-0.39, 0.29) is 12.1 Å². The molecule has 1 heterocycles. The number of methoxy groups -OCH3 is 1. The van der Waals surface area contributed by atoms with E-state index in [1.54, 1.807) is 7.11 Å². The van der Waals surface area contributed by atoms with E-state index in [1.807, 2.05) is 12.1 Å². The van der Waals surface area contributed by atoms with E-state index in [0.717, 1.165) is 25.1 Å². The highest BCUT2D eigenvalue weighted by Gasteiger charge is 2.40. The van der Waals surface area contributed by atoms with Crippen LogP contribution in [-0.4, -0.2) is 36.5 Å². The molecule has 1 aromatic rings. The Balaban J connectivity index is 1.65. The maximum absolute atomic E-state index is 12.4. The summed E-state index contributed by atoms with van der Waals surface area (Å²) in [6.45, 7) is 3.07. The lowest BCUT2D eigenvalue weighted by Crippen LogP contribution is -2.40. The van der Waals surface area contributed by atoms with Crippen molar-refractivity contribution in [3.05, 3.63) is 29.8 Å². The highest BCUT2D eigenvalue weighted by atomic mass is 16.5. The first-order chi connectivity index (χ1) is 10.2. The molecule has 1 aliphatic heterocycles. The second-order valence-electron chi connectivity index (χ2n) is 6.00. The summed E-state index contributed by atoms with van der Waals surface area (Å²) in [4.78, 5) is 14.5. The SMILES string of the molecule is CC[C@H](N[C@@H]1CCN(C2CC2)C1=O)c1ccc(OC)cc1. The number of hydrogen-bond donors (Lipinski definition) is 1. The summed E-state index contributed by atoms with van der Waals surface area (Å²) in [5.74, 6) is 1.16. The molecule has 2 atom stereocenters. The van der Waals surface area contributed by atoms with Gasteiger partial charge in [-0.25, -0.2) is 0 Å². The number of amides is 1. The van der Waals surface area contributed by atoms with Gasteiger partial charge in [0.25, 0.3) is 0 Å². The molecule has 0 radical (unpaired) electrons. The van der Waals surface area contributed by atoms with Gasteiger partial charge >= 0.3 is 0 Å². The molecule has 0 bridgehead atoms. The second kappa shape index (κ2) is 6.06. The molecule has 4 nitrogen and oxygen atoms in total. The van der Waals surface area contributed by atoms with Crippen LogP contribution < -0.4 is 10.1 Å². The van der Waals surface area contributed by atoms with Crippen LogP contribution in [0, 0.1) is 0 Å². The number of hydrogen-bond acceptors (Lipinski definition) is 3. The molecular weight excluding hydrogens is 264 g/mol. The van der Waals surface area contributed by atoms with Crippen LogP contribution in [0.1, 0.15) is 44.2 Å². The molecule has 1 aliphatic carbocycles. The van der Waals surface area contributed by atoms with Crippen molar-refractivity contribution in [2.24, 2.45) is 0 Å². The third-order valence-electron chi connectivity index (χ3n) is 4.56. The van der Waals surface area contributed by atoms with Crippen molar-refractivity contribution in [1.29, 1.82) is 0 Å². The summed E-state index contributed by atoms with van der Waals surface area (Å²) in [5.41, 5.74) is 1.22. The molecule has 21 heavy (non-hydrogen) atoms. The molecule has 1 N–H and O–H groups in total. The van der Waals surface area contributed by atoms with Crippen molar-refractivity contribution in [1.82, 2.24) is 10.2 Å². The lowest BCUT2D eigenvalue weighted by atomic mass is 10.0. The smallest absolute Gasteiger partial charge is 0.240 e. The van der Waals surface area contributed by atoms with Gasteiger partial charge in [-0.1, -0.05) is 19.1 Å². The molecular formula is C17H24N2O2. The van der Waals surface area contributed by atoms with Gasteiger partial charge in [0.1, 0.15) is 5.75 Å². The van der Waals surface area contributed by atoms with E-state index < -0.39 is 0 Å². The summed E-state index contributed by atoms with van der Waals surface area (Å²) in [7, 11) is 1.67. The summed E-state index contributed by atoms with van der Waals surface area (Å²) in [6.07, 6.45) is 4.28. The Kier molecular flexibility index (Phi) is 4.15. The average molecular weight is 288 g/mol. The Labute approximate surface area is 126 Å². The normalized spacial score (nSPS) is 23.4. The molecule has 114 valence electrons. The van der Waals surface area contributed by atoms with Crippen LogP contribution in [0.3, 0.4) is 0 Å². The van der Waals surface area contributed by atoms with Gasteiger partial charge in [-0.15, -0.1) is 0 Å². The van der Waals surface area contributed by atoms with E-state index in [9.17, 15) is 4.79 Å². The van der Waals surface area contributed by atoms with Gasteiger partial charge in [0.05, 0.1) is 13.2 Å². The molecule has 1 saturated heterocycles. The van der Waals surface area contributed by atoms with Crippen molar-refractivity contribution in [2.45, 2.75) is 50.7 Å². The van der Waals surface area contributed by atoms with Crippen LogP contribution >= 0.6 is 0 Å². The average Bonchev–Trinajstić information content (AvgIpc) is 3.30. The van der Waals surface area contributed by atoms with Crippen LogP contribution in [0.2, 0.25) is 0 Å². The largest absolute Gasteiger partial charge is 0.497 e. The minimum absolute atomic E-state index is 0.0161. The third-order valence-corrected chi connectivity index (χ3v) is 4.56. The van der Waals surface area contributed by atoms with Crippen LogP contribution in [-0.2, 0) is 4.79 Å². The van der Waals surface area contributed by atoms with Crippen molar-refractivity contribution in [2.75, 3.05) is 13.7 Å².